The number of carbonyl (C=O) groups excluding carboxylic acids is 1. The third kappa shape index (κ3) is 2.54. The standard InChI is InChI=1S/C13H19N3O3S/c1-4-8-9(20-15-14-8)11(17)16-7-5-6-13(2,3)10(16)12(18)19/h10H,4-7H2,1-3H3,(H,18,19). The first-order valence-corrected chi connectivity index (χ1v) is 7.51. The summed E-state index contributed by atoms with van der Waals surface area (Å²) in [4.78, 5) is 26.2. The lowest BCUT2D eigenvalue weighted by Gasteiger charge is -2.43. The molecular formula is C13H19N3O3S. The lowest BCUT2D eigenvalue weighted by atomic mass is 9.76. The third-order valence-corrected chi connectivity index (χ3v) is 4.61. The van der Waals surface area contributed by atoms with Crippen molar-refractivity contribution in [1.82, 2.24) is 14.5 Å². The maximum absolute atomic E-state index is 12.6. The van der Waals surface area contributed by atoms with Crippen LogP contribution in [0.4, 0.5) is 0 Å². The highest BCUT2D eigenvalue weighted by Crippen LogP contribution is 2.36. The lowest BCUT2D eigenvalue weighted by Crippen LogP contribution is -2.56. The van der Waals surface area contributed by atoms with E-state index in [9.17, 15) is 14.7 Å². The van der Waals surface area contributed by atoms with Crippen LogP contribution in [0.25, 0.3) is 0 Å². The molecule has 0 radical (unpaired) electrons. The summed E-state index contributed by atoms with van der Waals surface area (Å²) in [6, 6.07) is -0.796. The molecule has 1 amide bonds. The minimum atomic E-state index is -0.946. The number of rotatable bonds is 3. The van der Waals surface area contributed by atoms with Crippen LogP contribution in [0.1, 0.15) is 49.0 Å². The molecule has 1 saturated heterocycles. The summed E-state index contributed by atoms with van der Waals surface area (Å²) < 4.78 is 3.81. The number of hydrogen-bond acceptors (Lipinski definition) is 5. The van der Waals surface area contributed by atoms with E-state index in [2.05, 4.69) is 9.59 Å². The molecule has 2 rings (SSSR count). The molecule has 0 aromatic carbocycles. The van der Waals surface area contributed by atoms with Gasteiger partial charge in [-0.05, 0) is 36.2 Å². The number of likely N-dealkylation sites (tertiary alicyclic amines) is 1. The van der Waals surface area contributed by atoms with Crippen molar-refractivity contribution >= 4 is 23.4 Å². The average molecular weight is 297 g/mol. The quantitative estimate of drug-likeness (QED) is 0.920. The zero-order valence-electron chi connectivity index (χ0n) is 11.9. The molecule has 0 bridgehead atoms. The molecule has 1 unspecified atom stereocenters. The van der Waals surface area contributed by atoms with Crippen molar-refractivity contribution in [2.45, 2.75) is 46.1 Å². The van der Waals surface area contributed by atoms with Gasteiger partial charge in [0.15, 0.2) is 0 Å². The number of carboxylic acids is 1. The van der Waals surface area contributed by atoms with E-state index in [0.29, 0.717) is 23.5 Å². The zero-order valence-corrected chi connectivity index (χ0v) is 12.7. The molecular weight excluding hydrogens is 278 g/mol. The Hall–Kier alpha value is -1.50. The smallest absolute Gasteiger partial charge is 0.326 e. The third-order valence-electron chi connectivity index (χ3n) is 3.85. The van der Waals surface area contributed by atoms with E-state index in [1.54, 1.807) is 0 Å². The first-order valence-electron chi connectivity index (χ1n) is 6.73. The van der Waals surface area contributed by atoms with Crippen molar-refractivity contribution in [3.8, 4) is 0 Å². The fraction of sp³-hybridized carbons (Fsp3) is 0.692. The van der Waals surface area contributed by atoms with Crippen LogP contribution in [0.15, 0.2) is 0 Å². The fourth-order valence-electron chi connectivity index (χ4n) is 2.81. The molecule has 1 N–H and O–H groups in total. The fourth-order valence-corrected chi connectivity index (χ4v) is 3.52. The van der Waals surface area contributed by atoms with Crippen LogP contribution >= 0.6 is 11.5 Å². The summed E-state index contributed by atoms with van der Waals surface area (Å²) in [5.74, 6) is -1.20. The number of carboxylic acid groups (broad SMARTS) is 1. The summed E-state index contributed by atoms with van der Waals surface area (Å²) >= 11 is 1.04. The van der Waals surface area contributed by atoms with Crippen LogP contribution in [-0.2, 0) is 11.2 Å². The van der Waals surface area contributed by atoms with Crippen LogP contribution < -0.4 is 0 Å². The number of aliphatic carboxylic acids is 1. The highest BCUT2D eigenvalue weighted by Gasteiger charge is 2.45. The number of carbonyl (C=O) groups is 2. The second-order valence-electron chi connectivity index (χ2n) is 5.73. The van der Waals surface area contributed by atoms with Gasteiger partial charge in [-0.3, -0.25) is 4.79 Å². The summed E-state index contributed by atoms with van der Waals surface area (Å²) in [5, 5.41) is 13.4. The van der Waals surface area contributed by atoms with Gasteiger partial charge in [-0.25, -0.2) is 4.79 Å². The SMILES string of the molecule is CCc1nnsc1C(=O)N1CCCC(C)(C)C1C(=O)O. The van der Waals surface area contributed by atoms with Crippen LogP contribution in [0, 0.1) is 5.41 Å². The van der Waals surface area contributed by atoms with Gasteiger partial charge in [0.05, 0.1) is 5.69 Å². The van der Waals surface area contributed by atoms with Crippen molar-refractivity contribution in [3.63, 3.8) is 0 Å². The number of aromatic nitrogens is 2. The number of amides is 1. The Balaban J connectivity index is 2.34. The molecule has 0 aliphatic carbocycles. The van der Waals surface area contributed by atoms with Gasteiger partial charge < -0.3 is 10.0 Å². The minimum Gasteiger partial charge on any atom is -0.480 e. The maximum Gasteiger partial charge on any atom is 0.326 e. The Kier molecular flexibility index (Phi) is 4.08. The predicted molar refractivity (Wildman–Crippen MR) is 74.8 cm³/mol. The van der Waals surface area contributed by atoms with Gasteiger partial charge in [-0.1, -0.05) is 25.3 Å². The molecule has 20 heavy (non-hydrogen) atoms. The number of nitrogens with zero attached hydrogens (tertiary/aromatic N) is 3. The van der Waals surface area contributed by atoms with Gasteiger partial charge in [0.1, 0.15) is 10.9 Å². The van der Waals surface area contributed by atoms with Crippen molar-refractivity contribution in [1.29, 1.82) is 0 Å². The summed E-state index contributed by atoms with van der Waals surface area (Å²) in [7, 11) is 0. The molecule has 1 aliphatic rings. The first kappa shape index (κ1) is 14.9. The second-order valence-corrected chi connectivity index (χ2v) is 6.49. The Bertz CT molecular complexity index is 527. The Morgan fingerprint density at radius 2 is 2.20 bits per heavy atom. The van der Waals surface area contributed by atoms with E-state index in [1.807, 2.05) is 20.8 Å². The van der Waals surface area contributed by atoms with Crippen LogP contribution in [0.3, 0.4) is 0 Å². The number of piperidine rings is 1. The van der Waals surface area contributed by atoms with E-state index >= 15 is 0 Å². The molecule has 1 aromatic heterocycles. The van der Waals surface area contributed by atoms with Gasteiger partial charge in [0.25, 0.3) is 5.91 Å². The van der Waals surface area contributed by atoms with Gasteiger partial charge >= 0.3 is 5.97 Å². The Labute approximate surface area is 122 Å². The van der Waals surface area contributed by atoms with E-state index in [-0.39, 0.29) is 5.91 Å². The van der Waals surface area contributed by atoms with Crippen molar-refractivity contribution < 1.29 is 14.7 Å². The normalized spacial score (nSPS) is 21.8. The van der Waals surface area contributed by atoms with Crippen molar-refractivity contribution in [3.05, 3.63) is 10.6 Å². The van der Waals surface area contributed by atoms with E-state index in [1.165, 1.54) is 4.90 Å². The van der Waals surface area contributed by atoms with E-state index in [0.717, 1.165) is 24.4 Å². The second kappa shape index (κ2) is 5.47. The number of hydrogen-bond donors (Lipinski definition) is 1. The monoisotopic (exact) mass is 297 g/mol. The minimum absolute atomic E-state index is 0.253. The molecule has 2 heterocycles. The van der Waals surface area contributed by atoms with Gasteiger partial charge in [0.2, 0.25) is 0 Å². The lowest BCUT2D eigenvalue weighted by molar-refractivity contribution is -0.148. The topological polar surface area (TPSA) is 83.4 Å². The van der Waals surface area contributed by atoms with Gasteiger partial charge in [-0.15, -0.1) is 5.10 Å². The first-order chi connectivity index (χ1) is 9.38. The highest BCUT2D eigenvalue weighted by atomic mass is 32.1. The molecule has 1 atom stereocenters. The Morgan fingerprint density at radius 3 is 2.80 bits per heavy atom. The average Bonchev–Trinajstić information content (AvgIpc) is 2.84. The molecule has 0 saturated carbocycles. The predicted octanol–water partition coefficient (Wildman–Crippen LogP) is 1.82. The summed E-state index contributed by atoms with van der Waals surface area (Å²) in [6.07, 6.45) is 2.23. The number of aryl methyl sites for hydroxylation is 1. The molecule has 1 aromatic rings. The van der Waals surface area contributed by atoms with Gasteiger partial charge in [0, 0.05) is 6.54 Å². The Morgan fingerprint density at radius 1 is 1.50 bits per heavy atom. The molecule has 1 fully saturated rings. The molecule has 0 spiro atoms. The van der Waals surface area contributed by atoms with Crippen molar-refractivity contribution in [2.75, 3.05) is 6.54 Å². The molecule has 1 aliphatic heterocycles. The summed E-state index contributed by atoms with van der Waals surface area (Å²) in [5.41, 5.74) is 0.219. The van der Waals surface area contributed by atoms with Crippen LogP contribution in [0.5, 0.6) is 0 Å². The van der Waals surface area contributed by atoms with E-state index < -0.39 is 17.4 Å². The largest absolute Gasteiger partial charge is 0.480 e. The van der Waals surface area contributed by atoms with Crippen LogP contribution in [-0.4, -0.2) is 44.1 Å². The van der Waals surface area contributed by atoms with Crippen LogP contribution in [0.2, 0.25) is 0 Å². The van der Waals surface area contributed by atoms with Crippen molar-refractivity contribution in [2.24, 2.45) is 5.41 Å². The summed E-state index contributed by atoms with van der Waals surface area (Å²) in [6.45, 7) is 6.18. The molecule has 7 heteroatoms. The van der Waals surface area contributed by atoms with Gasteiger partial charge in [-0.2, -0.15) is 0 Å². The van der Waals surface area contributed by atoms with E-state index in [4.69, 9.17) is 0 Å². The zero-order chi connectivity index (χ0) is 14.9. The maximum atomic E-state index is 12.6. The molecule has 6 nitrogen and oxygen atoms in total. The highest BCUT2D eigenvalue weighted by molar-refractivity contribution is 7.08. The molecule has 110 valence electrons.